The summed E-state index contributed by atoms with van der Waals surface area (Å²) in [7, 11) is 0. The van der Waals surface area contributed by atoms with Crippen molar-refractivity contribution in [1.82, 2.24) is 10.2 Å². The van der Waals surface area contributed by atoms with Crippen LogP contribution in [0.15, 0.2) is 16.6 Å². The first kappa shape index (κ1) is 12.9. The molecule has 0 fully saturated rings. The number of anilines is 1. The zero-order valence-corrected chi connectivity index (χ0v) is 12.2. The number of halogens is 3. The van der Waals surface area contributed by atoms with E-state index in [-0.39, 0.29) is 6.61 Å². The van der Waals surface area contributed by atoms with E-state index in [1.807, 2.05) is 0 Å². The normalized spacial score (nSPS) is 10.5. The van der Waals surface area contributed by atoms with Gasteiger partial charge in [0.25, 0.3) is 0 Å². The van der Waals surface area contributed by atoms with Crippen LogP contribution in [0, 0.1) is 0 Å². The second-order valence-corrected chi connectivity index (χ2v) is 5.78. The van der Waals surface area contributed by atoms with Gasteiger partial charge in [0.1, 0.15) is 12.4 Å². The SMILES string of the molecule is Nc1nnc(COc2cc(Cl)c(Br)cc2Cl)s1. The third-order valence-electron chi connectivity index (χ3n) is 1.81. The van der Waals surface area contributed by atoms with E-state index in [2.05, 4.69) is 26.1 Å². The molecule has 0 aliphatic carbocycles. The van der Waals surface area contributed by atoms with Gasteiger partial charge in [0.05, 0.1) is 10.0 Å². The maximum absolute atomic E-state index is 6.00. The van der Waals surface area contributed by atoms with E-state index in [1.54, 1.807) is 12.1 Å². The molecule has 4 nitrogen and oxygen atoms in total. The molecule has 0 unspecified atom stereocenters. The molecule has 2 aromatic rings. The van der Waals surface area contributed by atoms with Gasteiger partial charge in [-0.25, -0.2) is 0 Å². The highest BCUT2D eigenvalue weighted by Gasteiger charge is 2.08. The monoisotopic (exact) mass is 353 g/mol. The lowest BCUT2D eigenvalue weighted by atomic mass is 10.3. The molecule has 0 amide bonds. The van der Waals surface area contributed by atoms with E-state index in [0.717, 1.165) is 4.47 Å². The van der Waals surface area contributed by atoms with Crippen molar-refractivity contribution in [2.75, 3.05) is 5.73 Å². The van der Waals surface area contributed by atoms with Crippen LogP contribution in [0.25, 0.3) is 0 Å². The number of rotatable bonds is 3. The van der Waals surface area contributed by atoms with Crippen LogP contribution in [0.3, 0.4) is 0 Å². The van der Waals surface area contributed by atoms with Crippen molar-refractivity contribution >= 4 is 55.6 Å². The first-order chi connectivity index (χ1) is 8.06. The molecule has 0 aliphatic heterocycles. The Bertz CT molecular complexity index is 549. The summed E-state index contributed by atoms with van der Waals surface area (Å²) >= 11 is 16.5. The Morgan fingerprint density at radius 1 is 1.29 bits per heavy atom. The van der Waals surface area contributed by atoms with Crippen molar-refractivity contribution in [3.8, 4) is 5.75 Å². The summed E-state index contributed by atoms with van der Waals surface area (Å²) in [5, 5.41) is 9.60. The Kier molecular flexibility index (Phi) is 4.09. The molecule has 0 radical (unpaired) electrons. The summed E-state index contributed by atoms with van der Waals surface area (Å²) < 4.78 is 6.21. The van der Waals surface area contributed by atoms with Crippen LogP contribution in [0.4, 0.5) is 5.13 Å². The molecule has 0 aliphatic rings. The van der Waals surface area contributed by atoms with Crippen LogP contribution in [0.1, 0.15) is 5.01 Å². The molecule has 90 valence electrons. The summed E-state index contributed by atoms with van der Waals surface area (Å²) in [6.07, 6.45) is 0. The van der Waals surface area contributed by atoms with E-state index < -0.39 is 0 Å². The number of nitrogen functional groups attached to an aromatic ring is 1. The third-order valence-corrected chi connectivity index (χ3v) is 4.03. The molecule has 0 saturated carbocycles. The van der Waals surface area contributed by atoms with Gasteiger partial charge in [-0.3, -0.25) is 0 Å². The van der Waals surface area contributed by atoms with Gasteiger partial charge in [0, 0.05) is 10.5 Å². The molecular formula is C9H6BrCl2N3OS. The predicted molar refractivity (Wildman–Crippen MR) is 72.8 cm³/mol. The van der Waals surface area contributed by atoms with Gasteiger partial charge in [-0.15, -0.1) is 10.2 Å². The molecule has 2 N–H and O–H groups in total. The van der Waals surface area contributed by atoms with Crippen LogP contribution < -0.4 is 10.5 Å². The largest absolute Gasteiger partial charge is 0.485 e. The molecule has 1 aromatic heterocycles. The highest BCUT2D eigenvalue weighted by molar-refractivity contribution is 9.10. The number of aromatic nitrogens is 2. The van der Waals surface area contributed by atoms with Crippen LogP contribution in [0.2, 0.25) is 10.0 Å². The molecule has 0 atom stereocenters. The minimum atomic E-state index is 0.256. The molecule has 0 bridgehead atoms. The van der Waals surface area contributed by atoms with E-state index in [0.29, 0.717) is 25.9 Å². The maximum Gasteiger partial charge on any atom is 0.203 e. The van der Waals surface area contributed by atoms with Crippen LogP contribution in [-0.4, -0.2) is 10.2 Å². The van der Waals surface area contributed by atoms with Gasteiger partial charge in [-0.1, -0.05) is 34.5 Å². The summed E-state index contributed by atoms with van der Waals surface area (Å²) in [6, 6.07) is 3.31. The van der Waals surface area contributed by atoms with Crippen LogP contribution in [-0.2, 0) is 6.61 Å². The fourth-order valence-electron chi connectivity index (χ4n) is 1.08. The van der Waals surface area contributed by atoms with Gasteiger partial charge >= 0.3 is 0 Å². The van der Waals surface area contributed by atoms with Gasteiger partial charge in [-0.2, -0.15) is 0 Å². The van der Waals surface area contributed by atoms with Gasteiger partial charge in [-0.05, 0) is 22.0 Å². The quantitative estimate of drug-likeness (QED) is 0.852. The van der Waals surface area contributed by atoms with Crippen molar-refractivity contribution in [2.24, 2.45) is 0 Å². The molecule has 0 saturated heterocycles. The van der Waals surface area contributed by atoms with E-state index in [9.17, 15) is 0 Å². The highest BCUT2D eigenvalue weighted by Crippen LogP contribution is 2.34. The number of hydrogen-bond acceptors (Lipinski definition) is 5. The Hall–Kier alpha value is -0.560. The number of nitrogens with zero attached hydrogens (tertiary/aromatic N) is 2. The fourth-order valence-corrected chi connectivity index (χ4v) is 2.45. The third kappa shape index (κ3) is 3.22. The lowest BCUT2D eigenvalue weighted by molar-refractivity contribution is 0.304. The molecule has 17 heavy (non-hydrogen) atoms. The Labute approximate surface area is 120 Å². The second kappa shape index (κ2) is 5.39. The summed E-state index contributed by atoms with van der Waals surface area (Å²) in [4.78, 5) is 0. The summed E-state index contributed by atoms with van der Waals surface area (Å²) in [5.41, 5.74) is 5.46. The van der Waals surface area contributed by atoms with Crippen LogP contribution in [0.5, 0.6) is 5.75 Å². The highest BCUT2D eigenvalue weighted by atomic mass is 79.9. The minimum Gasteiger partial charge on any atom is -0.485 e. The smallest absolute Gasteiger partial charge is 0.203 e. The van der Waals surface area contributed by atoms with Crippen molar-refractivity contribution in [2.45, 2.75) is 6.61 Å². The number of nitrogens with two attached hydrogens (primary N) is 1. The number of benzene rings is 1. The molecule has 1 heterocycles. The topological polar surface area (TPSA) is 61.0 Å². The molecular weight excluding hydrogens is 349 g/mol. The summed E-state index contributed by atoms with van der Waals surface area (Å²) in [6.45, 7) is 0.256. The molecule has 0 spiro atoms. The molecule has 2 rings (SSSR count). The summed E-state index contributed by atoms with van der Waals surface area (Å²) in [5.74, 6) is 0.494. The van der Waals surface area contributed by atoms with E-state index >= 15 is 0 Å². The average Bonchev–Trinajstić information content (AvgIpc) is 2.68. The standard InChI is InChI=1S/C9H6BrCl2N3OS/c10-4-1-6(12)7(2-5(4)11)16-3-8-14-15-9(13)17-8/h1-2H,3H2,(H2,13,15). The van der Waals surface area contributed by atoms with Gasteiger partial charge < -0.3 is 10.5 Å². The first-order valence-electron chi connectivity index (χ1n) is 4.41. The first-order valence-corrected chi connectivity index (χ1v) is 6.78. The van der Waals surface area contributed by atoms with E-state index in [1.165, 1.54) is 11.3 Å². The van der Waals surface area contributed by atoms with Crippen molar-refractivity contribution in [3.05, 3.63) is 31.7 Å². The zero-order valence-electron chi connectivity index (χ0n) is 8.28. The van der Waals surface area contributed by atoms with Crippen molar-refractivity contribution in [3.63, 3.8) is 0 Å². The van der Waals surface area contributed by atoms with E-state index in [4.69, 9.17) is 33.7 Å². The van der Waals surface area contributed by atoms with Gasteiger partial charge in [0.15, 0.2) is 5.01 Å². The zero-order chi connectivity index (χ0) is 12.4. The maximum atomic E-state index is 6.00. The van der Waals surface area contributed by atoms with Gasteiger partial charge in [0.2, 0.25) is 5.13 Å². The Balaban J connectivity index is 2.11. The lowest BCUT2D eigenvalue weighted by Gasteiger charge is -2.07. The minimum absolute atomic E-state index is 0.256. The Morgan fingerprint density at radius 3 is 2.71 bits per heavy atom. The number of hydrogen-bond donors (Lipinski definition) is 1. The van der Waals surface area contributed by atoms with Crippen LogP contribution >= 0.6 is 50.5 Å². The second-order valence-electron chi connectivity index (χ2n) is 3.02. The predicted octanol–water partition coefficient (Wildman–Crippen LogP) is 3.77. The lowest BCUT2D eigenvalue weighted by Crippen LogP contribution is -1.95. The fraction of sp³-hybridized carbons (Fsp3) is 0.111. The molecule has 8 heteroatoms. The molecule has 1 aromatic carbocycles. The Morgan fingerprint density at radius 2 is 2.06 bits per heavy atom. The van der Waals surface area contributed by atoms with Crippen molar-refractivity contribution < 1.29 is 4.74 Å². The number of ether oxygens (including phenoxy) is 1. The van der Waals surface area contributed by atoms with Crippen molar-refractivity contribution in [1.29, 1.82) is 0 Å². The average molecular weight is 355 g/mol.